The van der Waals surface area contributed by atoms with Gasteiger partial charge in [0.05, 0.1) is 4.34 Å². The van der Waals surface area contributed by atoms with Crippen molar-refractivity contribution in [3.63, 3.8) is 0 Å². The van der Waals surface area contributed by atoms with Crippen molar-refractivity contribution in [1.82, 2.24) is 9.47 Å². The Balaban J connectivity index is 1.91. The molecule has 0 aromatic carbocycles. The van der Waals surface area contributed by atoms with Crippen molar-refractivity contribution in [2.45, 2.75) is 13.1 Å². The van der Waals surface area contributed by atoms with Gasteiger partial charge in [-0.15, -0.1) is 11.3 Å². The van der Waals surface area contributed by atoms with E-state index >= 15 is 0 Å². The van der Waals surface area contributed by atoms with Crippen LogP contribution < -0.4 is 11.3 Å². The largest absolute Gasteiger partial charge is 0.398 e. The fourth-order valence-corrected chi connectivity index (χ4v) is 2.95. The number of rotatable bonds is 5. The summed E-state index contributed by atoms with van der Waals surface area (Å²) >= 11 is 7.47. The van der Waals surface area contributed by atoms with Crippen LogP contribution >= 0.6 is 22.9 Å². The standard InChI is InChI=1S/C13H16ClN3OS/c1-16(9-11-3-4-12(14)19-11)6-7-17-8-10(15)2-5-13(17)18/h2-5,8H,6-7,9,15H2,1H3. The lowest BCUT2D eigenvalue weighted by Gasteiger charge is -2.16. The number of halogens is 1. The van der Waals surface area contributed by atoms with E-state index in [9.17, 15) is 4.79 Å². The average molecular weight is 298 g/mol. The monoisotopic (exact) mass is 297 g/mol. The molecule has 2 aromatic heterocycles. The fraction of sp³-hybridized carbons (Fsp3) is 0.308. The zero-order valence-corrected chi connectivity index (χ0v) is 12.2. The summed E-state index contributed by atoms with van der Waals surface area (Å²) < 4.78 is 2.43. The molecule has 102 valence electrons. The summed E-state index contributed by atoms with van der Waals surface area (Å²) in [5.41, 5.74) is 6.25. The minimum Gasteiger partial charge on any atom is -0.398 e. The number of thiophene rings is 1. The van der Waals surface area contributed by atoms with E-state index < -0.39 is 0 Å². The highest BCUT2D eigenvalue weighted by atomic mass is 35.5. The summed E-state index contributed by atoms with van der Waals surface area (Å²) in [6.07, 6.45) is 1.68. The van der Waals surface area contributed by atoms with E-state index in [1.165, 1.54) is 10.9 Å². The molecule has 0 aliphatic carbocycles. The minimum atomic E-state index is -0.0261. The molecule has 2 N–H and O–H groups in total. The molecule has 2 aromatic rings. The van der Waals surface area contributed by atoms with Gasteiger partial charge in [0.25, 0.3) is 5.56 Å². The first-order chi connectivity index (χ1) is 9.04. The van der Waals surface area contributed by atoms with Crippen LogP contribution in [0.5, 0.6) is 0 Å². The Bertz CT molecular complexity index is 608. The Hall–Kier alpha value is -1.30. The van der Waals surface area contributed by atoms with Crippen LogP contribution in [0.25, 0.3) is 0 Å². The average Bonchev–Trinajstić information content (AvgIpc) is 2.76. The van der Waals surface area contributed by atoms with E-state index in [4.69, 9.17) is 17.3 Å². The summed E-state index contributed by atoms with van der Waals surface area (Å²) in [6.45, 7) is 2.23. The van der Waals surface area contributed by atoms with E-state index in [0.717, 1.165) is 17.4 Å². The summed E-state index contributed by atoms with van der Waals surface area (Å²) in [4.78, 5) is 15.0. The van der Waals surface area contributed by atoms with E-state index in [0.29, 0.717) is 12.2 Å². The molecule has 0 atom stereocenters. The zero-order valence-electron chi connectivity index (χ0n) is 10.7. The quantitative estimate of drug-likeness (QED) is 0.921. The molecule has 0 bridgehead atoms. The fourth-order valence-electron chi connectivity index (χ4n) is 1.78. The smallest absolute Gasteiger partial charge is 0.250 e. The molecule has 19 heavy (non-hydrogen) atoms. The van der Waals surface area contributed by atoms with Crippen molar-refractivity contribution in [2.75, 3.05) is 19.3 Å². The Morgan fingerprint density at radius 1 is 1.37 bits per heavy atom. The van der Waals surface area contributed by atoms with Gasteiger partial charge in [0.1, 0.15) is 0 Å². The maximum atomic E-state index is 11.6. The first-order valence-electron chi connectivity index (χ1n) is 5.93. The Morgan fingerprint density at radius 2 is 2.16 bits per heavy atom. The number of nitrogens with zero attached hydrogens (tertiary/aromatic N) is 2. The first-order valence-corrected chi connectivity index (χ1v) is 7.13. The van der Waals surface area contributed by atoms with Crippen LogP contribution in [0.15, 0.2) is 35.3 Å². The third-order valence-electron chi connectivity index (χ3n) is 2.78. The molecule has 2 rings (SSSR count). The van der Waals surface area contributed by atoms with Crippen LogP contribution in [0, 0.1) is 0 Å². The van der Waals surface area contributed by atoms with Gasteiger partial charge >= 0.3 is 0 Å². The van der Waals surface area contributed by atoms with Gasteiger partial charge in [-0.1, -0.05) is 11.6 Å². The van der Waals surface area contributed by atoms with Gasteiger partial charge < -0.3 is 10.3 Å². The molecule has 0 radical (unpaired) electrons. The number of aromatic nitrogens is 1. The normalized spacial score (nSPS) is 11.1. The molecular weight excluding hydrogens is 282 g/mol. The topological polar surface area (TPSA) is 51.3 Å². The molecule has 0 saturated carbocycles. The number of nitrogen functional groups attached to an aromatic ring is 1. The highest BCUT2D eigenvalue weighted by molar-refractivity contribution is 7.16. The summed E-state index contributed by atoms with van der Waals surface area (Å²) in [6, 6.07) is 7.04. The summed E-state index contributed by atoms with van der Waals surface area (Å²) in [5.74, 6) is 0. The molecule has 0 aliphatic rings. The van der Waals surface area contributed by atoms with E-state index in [1.54, 1.807) is 28.2 Å². The minimum absolute atomic E-state index is 0.0261. The number of nitrogens with two attached hydrogens (primary N) is 1. The van der Waals surface area contributed by atoms with Gasteiger partial charge in [-0.2, -0.15) is 0 Å². The Morgan fingerprint density at radius 3 is 2.84 bits per heavy atom. The van der Waals surface area contributed by atoms with Crippen molar-refractivity contribution >= 4 is 28.6 Å². The van der Waals surface area contributed by atoms with Gasteiger partial charge in [0.15, 0.2) is 0 Å². The third kappa shape index (κ3) is 4.09. The van der Waals surface area contributed by atoms with Gasteiger partial charge in [0, 0.05) is 42.5 Å². The van der Waals surface area contributed by atoms with Crippen LogP contribution in [0.2, 0.25) is 4.34 Å². The summed E-state index contributed by atoms with van der Waals surface area (Å²) in [5, 5.41) is 0. The van der Waals surface area contributed by atoms with Crippen molar-refractivity contribution in [1.29, 1.82) is 0 Å². The number of hydrogen-bond acceptors (Lipinski definition) is 4. The van der Waals surface area contributed by atoms with Crippen molar-refractivity contribution in [3.8, 4) is 0 Å². The van der Waals surface area contributed by atoms with E-state index in [2.05, 4.69) is 4.90 Å². The van der Waals surface area contributed by atoms with Crippen molar-refractivity contribution in [2.24, 2.45) is 0 Å². The number of likely N-dealkylation sites (N-methyl/N-ethyl adjacent to an activating group) is 1. The van der Waals surface area contributed by atoms with Crippen LogP contribution in [0.1, 0.15) is 4.88 Å². The van der Waals surface area contributed by atoms with Crippen LogP contribution in [-0.4, -0.2) is 23.1 Å². The molecule has 0 saturated heterocycles. The first kappa shape index (κ1) is 14.1. The van der Waals surface area contributed by atoms with Gasteiger partial charge in [0.2, 0.25) is 0 Å². The van der Waals surface area contributed by atoms with Crippen LogP contribution in [-0.2, 0) is 13.1 Å². The second kappa shape index (κ2) is 6.23. The van der Waals surface area contributed by atoms with Crippen molar-refractivity contribution in [3.05, 3.63) is 50.0 Å². The van der Waals surface area contributed by atoms with Gasteiger partial charge in [-0.05, 0) is 25.2 Å². The third-order valence-corrected chi connectivity index (χ3v) is 4.00. The highest BCUT2D eigenvalue weighted by Gasteiger charge is 2.04. The molecule has 0 aliphatic heterocycles. The molecule has 0 fully saturated rings. The lowest BCUT2D eigenvalue weighted by Crippen LogP contribution is -2.27. The van der Waals surface area contributed by atoms with Crippen molar-refractivity contribution < 1.29 is 0 Å². The molecule has 0 spiro atoms. The maximum Gasteiger partial charge on any atom is 0.250 e. The van der Waals surface area contributed by atoms with Gasteiger partial charge in [-0.3, -0.25) is 9.69 Å². The summed E-state index contributed by atoms with van der Waals surface area (Å²) in [7, 11) is 2.02. The van der Waals surface area contributed by atoms with E-state index in [1.807, 2.05) is 19.2 Å². The predicted octanol–water partition coefficient (Wildman–Crippen LogP) is 2.28. The maximum absolute atomic E-state index is 11.6. The Kier molecular flexibility index (Phi) is 4.63. The number of anilines is 1. The van der Waals surface area contributed by atoms with Crippen LogP contribution in [0.4, 0.5) is 5.69 Å². The molecule has 0 amide bonds. The van der Waals surface area contributed by atoms with E-state index in [-0.39, 0.29) is 5.56 Å². The molecule has 6 heteroatoms. The number of hydrogen-bond donors (Lipinski definition) is 1. The number of pyridine rings is 1. The second-order valence-electron chi connectivity index (χ2n) is 4.44. The molecule has 0 unspecified atom stereocenters. The lowest BCUT2D eigenvalue weighted by atomic mass is 10.4. The Labute approximate surface area is 121 Å². The molecular formula is C13H16ClN3OS. The lowest BCUT2D eigenvalue weighted by molar-refractivity contribution is 0.312. The molecule has 4 nitrogen and oxygen atoms in total. The SMILES string of the molecule is CN(CCn1cc(N)ccc1=O)Cc1ccc(Cl)s1. The zero-order chi connectivity index (χ0) is 13.8. The van der Waals surface area contributed by atoms with Crippen LogP contribution in [0.3, 0.4) is 0 Å². The predicted molar refractivity (Wildman–Crippen MR) is 80.8 cm³/mol. The highest BCUT2D eigenvalue weighted by Crippen LogP contribution is 2.22. The second-order valence-corrected chi connectivity index (χ2v) is 6.24. The van der Waals surface area contributed by atoms with Gasteiger partial charge in [-0.25, -0.2) is 0 Å². The molecule has 2 heterocycles.